The van der Waals surface area contributed by atoms with Gasteiger partial charge in [0.25, 0.3) is 5.91 Å². The third-order valence-corrected chi connectivity index (χ3v) is 5.12. The van der Waals surface area contributed by atoms with Crippen molar-refractivity contribution in [2.75, 3.05) is 34.9 Å². The number of rotatable bonds is 8. The summed E-state index contributed by atoms with van der Waals surface area (Å²) in [6, 6.07) is 9.47. The van der Waals surface area contributed by atoms with Gasteiger partial charge in [0, 0.05) is 31.2 Å². The number of ether oxygens (including phenoxy) is 3. The predicted octanol–water partition coefficient (Wildman–Crippen LogP) is 3.53. The lowest BCUT2D eigenvalue weighted by molar-refractivity contribution is -0.137. The molecule has 2 aromatic carbocycles. The minimum Gasteiger partial charge on any atom is -0.493 e. The summed E-state index contributed by atoms with van der Waals surface area (Å²) in [5.41, 5.74) is 3.06. The van der Waals surface area contributed by atoms with Gasteiger partial charge in [0.15, 0.2) is 11.5 Å². The first-order valence-electron chi connectivity index (χ1n) is 9.83. The smallest absolute Gasteiger partial charge is 0.323 e. The van der Waals surface area contributed by atoms with Crippen LogP contribution < -0.4 is 14.2 Å². The number of likely N-dealkylation sites (N-methyl/N-ethyl adjacent to an activating group) is 1. The van der Waals surface area contributed by atoms with E-state index in [1.807, 2.05) is 54.1 Å². The molecule has 1 aromatic heterocycles. The Kier molecular flexibility index (Phi) is 6.73. The van der Waals surface area contributed by atoms with E-state index in [2.05, 4.69) is 0 Å². The average Bonchev–Trinajstić information content (AvgIpc) is 3.11. The molecule has 0 fully saturated rings. The summed E-state index contributed by atoms with van der Waals surface area (Å²) in [5.74, 6) is 0.226. The van der Waals surface area contributed by atoms with Gasteiger partial charge in [0.1, 0.15) is 6.54 Å². The molecule has 168 valence electrons. The summed E-state index contributed by atoms with van der Waals surface area (Å²) in [6.07, 6.45) is 5.55. The second-order valence-corrected chi connectivity index (χ2v) is 7.28. The predicted molar refractivity (Wildman–Crippen MR) is 123 cm³/mol. The molecule has 0 aliphatic heterocycles. The van der Waals surface area contributed by atoms with Crippen molar-refractivity contribution in [2.45, 2.75) is 0 Å². The third kappa shape index (κ3) is 4.54. The maximum atomic E-state index is 12.8. The molecule has 1 amide bonds. The molecule has 0 bridgehead atoms. The van der Waals surface area contributed by atoms with E-state index in [4.69, 9.17) is 19.3 Å². The molecule has 0 spiro atoms. The quantitative estimate of drug-likeness (QED) is 0.541. The van der Waals surface area contributed by atoms with E-state index in [1.165, 1.54) is 11.9 Å². The van der Waals surface area contributed by atoms with Crippen molar-refractivity contribution in [2.24, 2.45) is 7.05 Å². The highest BCUT2D eigenvalue weighted by Gasteiger charge is 2.19. The molecule has 0 atom stereocenters. The van der Waals surface area contributed by atoms with Crippen LogP contribution in [0.5, 0.6) is 17.2 Å². The van der Waals surface area contributed by atoms with Crippen LogP contribution in [0.1, 0.15) is 21.5 Å². The average molecular weight is 438 g/mol. The van der Waals surface area contributed by atoms with Gasteiger partial charge in [-0.2, -0.15) is 0 Å². The van der Waals surface area contributed by atoms with E-state index >= 15 is 0 Å². The molecular formula is C24H26N2O6. The van der Waals surface area contributed by atoms with E-state index in [-0.39, 0.29) is 12.5 Å². The molecular weight excluding hydrogens is 412 g/mol. The molecule has 1 N–H and O–H groups in total. The number of aryl methyl sites for hydroxylation is 1. The van der Waals surface area contributed by atoms with E-state index < -0.39 is 5.97 Å². The first-order chi connectivity index (χ1) is 15.3. The van der Waals surface area contributed by atoms with Gasteiger partial charge >= 0.3 is 5.97 Å². The first-order valence-corrected chi connectivity index (χ1v) is 9.83. The van der Waals surface area contributed by atoms with Gasteiger partial charge in [-0.15, -0.1) is 0 Å². The number of carbonyl (C=O) groups is 2. The second-order valence-electron chi connectivity index (χ2n) is 7.28. The molecule has 3 aromatic rings. The molecule has 3 rings (SSSR count). The summed E-state index contributed by atoms with van der Waals surface area (Å²) in [5, 5.41) is 9.75. The van der Waals surface area contributed by atoms with Gasteiger partial charge in [-0.3, -0.25) is 9.59 Å². The summed E-state index contributed by atoms with van der Waals surface area (Å²) < 4.78 is 18.0. The van der Waals surface area contributed by atoms with Gasteiger partial charge in [0.2, 0.25) is 5.75 Å². The highest BCUT2D eigenvalue weighted by atomic mass is 16.5. The summed E-state index contributed by atoms with van der Waals surface area (Å²) in [7, 11) is 8.00. The van der Waals surface area contributed by atoms with Crippen molar-refractivity contribution < 1.29 is 28.9 Å². The van der Waals surface area contributed by atoms with E-state index in [1.54, 1.807) is 27.5 Å². The lowest BCUT2D eigenvalue weighted by atomic mass is 10.1. The molecule has 32 heavy (non-hydrogen) atoms. The number of amides is 1. The number of hydrogen-bond donors (Lipinski definition) is 1. The monoisotopic (exact) mass is 438 g/mol. The number of nitrogens with zero attached hydrogens (tertiary/aromatic N) is 2. The van der Waals surface area contributed by atoms with E-state index in [0.717, 1.165) is 22.0 Å². The number of methoxy groups -OCH3 is 3. The van der Waals surface area contributed by atoms with Crippen LogP contribution in [0.25, 0.3) is 23.1 Å². The van der Waals surface area contributed by atoms with Gasteiger partial charge in [-0.05, 0) is 35.4 Å². The fourth-order valence-corrected chi connectivity index (χ4v) is 3.55. The second kappa shape index (κ2) is 9.47. The number of carboxylic acids is 1. The molecule has 8 heteroatoms. The fourth-order valence-electron chi connectivity index (χ4n) is 3.55. The number of aliphatic carboxylic acids is 1. The van der Waals surface area contributed by atoms with Gasteiger partial charge in [-0.1, -0.05) is 18.2 Å². The zero-order valence-corrected chi connectivity index (χ0v) is 18.7. The molecule has 0 aliphatic rings. The van der Waals surface area contributed by atoms with E-state index in [0.29, 0.717) is 22.8 Å². The number of carboxylic acid groups (broad SMARTS) is 1. The Bertz CT molecular complexity index is 1170. The largest absolute Gasteiger partial charge is 0.493 e. The zero-order valence-electron chi connectivity index (χ0n) is 18.7. The fraction of sp³-hybridized carbons (Fsp3) is 0.250. The lowest BCUT2D eigenvalue weighted by Gasteiger charge is -2.13. The molecule has 1 heterocycles. The summed E-state index contributed by atoms with van der Waals surface area (Å²) in [4.78, 5) is 25.0. The van der Waals surface area contributed by atoms with Crippen molar-refractivity contribution in [1.29, 1.82) is 0 Å². The Labute approximate surface area is 186 Å². The molecule has 0 radical (unpaired) electrons. The number of carbonyl (C=O) groups excluding carboxylic acids is 1. The Hall–Kier alpha value is -3.94. The van der Waals surface area contributed by atoms with Crippen LogP contribution >= 0.6 is 0 Å². The van der Waals surface area contributed by atoms with E-state index in [9.17, 15) is 9.59 Å². The number of aromatic nitrogens is 1. The molecule has 0 saturated carbocycles. The minimum absolute atomic E-state index is 0.344. The summed E-state index contributed by atoms with van der Waals surface area (Å²) in [6.45, 7) is -0.365. The highest BCUT2D eigenvalue weighted by molar-refractivity contribution is 6.08. The summed E-state index contributed by atoms with van der Waals surface area (Å²) >= 11 is 0. The number of fused-ring (bicyclic) bond motifs is 1. The van der Waals surface area contributed by atoms with Crippen molar-refractivity contribution in [1.82, 2.24) is 9.47 Å². The van der Waals surface area contributed by atoms with Crippen LogP contribution in [0.15, 0.2) is 36.5 Å². The lowest BCUT2D eigenvalue weighted by Crippen LogP contribution is -2.31. The Morgan fingerprint density at radius 1 is 1.00 bits per heavy atom. The van der Waals surface area contributed by atoms with Gasteiger partial charge < -0.3 is 28.8 Å². The molecule has 0 saturated heterocycles. The molecule has 8 nitrogen and oxygen atoms in total. The number of benzene rings is 2. The Balaban J connectivity index is 1.98. The van der Waals surface area contributed by atoms with Crippen LogP contribution in [0.2, 0.25) is 0 Å². The molecule has 0 aliphatic carbocycles. The maximum Gasteiger partial charge on any atom is 0.323 e. The zero-order chi connectivity index (χ0) is 23.4. The third-order valence-electron chi connectivity index (χ3n) is 5.12. The normalized spacial score (nSPS) is 11.0. The SMILES string of the molecule is COc1cc(/C=C\c2ccc3c(c2)c(C(=O)N(C)CC(=O)O)cn3C)cc(OC)c1OC. The van der Waals surface area contributed by atoms with Crippen molar-refractivity contribution in [3.8, 4) is 17.2 Å². The van der Waals surface area contributed by atoms with Crippen molar-refractivity contribution >= 4 is 34.9 Å². The van der Waals surface area contributed by atoms with Crippen molar-refractivity contribution in [3.63, 3.8) is 0 Å². The Morgan fingerprint density at radius 2 is 1.62 bits per heavy atom. The van der Waals surface area contributed by atoms with Crippen LogP contribution in [-0.4, -0.2) is 61.4 Å². The van der Waals surface area contributed by atoms with Crippen molar-refractivity contribution in [3.05, 3.63) is 53.2 Å². The number of hydrogen-bond acceptors (Lipinski definition) is 5. The van der Waals surface area contributed by atoms with Gasteiger partial charge in [0.05, 0.1) is 26.9 Å². The molecule has 0 unspecified atom stereocenters. The van der Waals surface area contributed by atoms with Crippen LogP contribution in [0, 0.1) is 0 Å². The van der Waals surface area contributed by atoms with Crippen LogP contribution in [0.3, 0.4) is 0 Å². The standard InChI is InChI=1S/C24H26N2O6/c1-25-13-18(24(29)26(2)14-22(27)28)17-10-15(8-9-19(17)25)6-7-16-11-20(30-3)23(32-5)21(12-16)31-4/h6-13H,14H2,1-5H3,(H,27,28)/b7-6-. The minimum atomic E-state index is -1.06. The first kappa shape index (κ1) is 22.7. The van der Waals surface area contributed by atoms with Gasteiger partial charge in [-0.25, -0.2) is 0 Å². The highest BCUT2D eigenvalue weighted by Crippen LogP contribution is 2.38. The Morgan fingerprint density at radius 3 is 2.19 bits per heavy atom. The van der Waals surface area contributed by atoms with Crippen LogP contribution in [-0.2, 0) is 11.8 Å². The topological polar surface area (TPSA) is 90.2 Å². The van der Waals surface area contributed by atoms with Crippen LogP contribution in [0.4, 0.5) is 0 Å². The maximum absolute atomic E-state index is 12.8.